The number of halogens is 1. The molecular weight excluding hydrogens is 294 g/mol. The number of benzene rings is 1. The molecule has 0 aliphatic heterocycles. The largest absolute Gasteiger partial charge is 0.463 e. The normalized spacial score (nSPS) is 10.6. The van der Waals surface area contributed by atoms with E-state index in [4.69, 9.17) is 16.0 Å². The lowest BCUT2D eigenvalue weighted by Gasteiger charge is -2.07. The second-order valence-electron chi connectivity index (χ2n) is 4.13. The van der Waals surface area contributed by atoms with Crippen molar-refractivity contribution in [2.75, 3.05) is 5.32 Å². The van der Waals surface area contributed by atoms with Crippen molar-refractivity contribution in [3.05, 3.63) is 52.9 Å². The lowest BCUT2D eigenvalue weighted by molar-refractivity contribution is -0.136. The van der Waals surface area contributed by atoms with Crippen molar-refractivity contribution in [1.82, 2.24) is 5.43 Å². The Morgan fingerprint density at radius 2 is 2.10 bits per heavy atom. The standard InChI is InChI=1S/C14H12ClN3O3/c1-9-7-10(15)4-5-12(9)17-13(19)14(20)18-16-8-11-3-2-6-21-11/h2-8H,1H3,(H,17,19)(H,18,20). The number of nitrogens with zero attached hydrogens (tertiary/aromatic N) is 1. The van der Waals surface area contributed by atoms with Crippen LogP contribution >= 0.6 is 11.6 Å². The van der Waals surface area contributed by atoms with E-state index in [1.807, 2.05) is 0 Å². The van der Waals surface area contributed by atoms with Gasteiger partial charge in [0.2, 0.25) is 0 Å². The molecule has 0 unspecified atom stereocenters. The maximum atomic E-state index is 11.7. The zero-order chi connectivity index (χ0) is 15.2. The van der Waals surface area contributed by atoms with Gasteiger partial charge in [0.15, 0.2) is 0 Å². The van der Waals surface area contributed by atoms with Gasteiger partial charge in [-0.3, -0.25) is 9.59 Å². The van der Waals surface area contributed by atoms with Crippen LogP contribution in [-0.2, 0) is 9.59 Å². The molecule has 0 saturated heterocycles. The molecule has 2 aromatic rings. The lowest BCUT2D eigenvalue weighted by Crippen LogP contribution is -2.32. The molecule has 1 aromatic heterocycles. The molecule has 2 N–H and O–H groups in total. The number of rotatable bonds is 3. The van der Waals surface area contributed by atoms with Crippen molar-refractivity contribution in [2.24, 2.45) is 5.10 Å². The number of nitrogens with one attached hydrogen (secondary N) is 2. The Morgan fingerprint density at radius 3 is 2.76 bits per heavy atom. The van der Waals surface area contributed by atoms with Crippen LogP contribution in [0.1, 0.15) is 11.3 Å². The van der Waals surface area contributed by atoms with E-state index in [1.165, 1.54) is 12.5 Å². The summed E-state index contributed by atoms with van der Waals surface area (Å²) >= 11 is 5.81. The molecule has 7 heteroatoms. The Balaban J connectivity index is 1.92. The molecule has 0 fully saturated rings. The van der Waals surface area contributed by atoms with Gasteiger partial charge in [0.1, 0.15) is 5.76 Å². The van der Waals surface area contributed by atoms with Gasteiger partial charge in [0, 0.05) is 10.7 Å². The van der Waals surface area contributed by atoms with Gasteiger partial charge in [0.05, 0.1) is 12.5 Å². The van der Waals surface area contributed by atoms with E-state index in [9.17, 15) is 9.59 Å². The van der Waals surface area contributed by atoms with Gasteiger partial charge in [0.25, 0.3) is 0 Å². The predicted octanol–water partition coefficient (Wildman–Crippen LogP) is 2.33. The van der Waals surface area contributed by atoms with Crippen LogP contribution in [0.25, 0.3) is 0 Å². The molecule has 108 valence electrons. The molecule has 0 aliphatic carbocycles. The fraction of sp³-hybridized carbons (Fsp3) is 0.0714. The van der Waals surface area contributed by atoms with Crippen LogP contribution in [0.4, 0.5) is 5.69 Å². The minimum Gasteiger partial charge on any atom is -0.463 e. The third-order valence-corrected chi connectivity index (χ3v) is 2.78. The number of carbonyl (C=O) groups is 2. The van der Waals surface area contributed by atoms with Gasteiger partial charge in [-0.1, -0.05) is 11.6 Å². The number of amides is 2. The first kappa shape index (κ1) is 14.8. The smallest absolute Gasteiger partial charge is 0.329 e. The van der Waals surface area contributed by atoms with Crippen molar-refractivity contribution < 1.29 is 14.0 Å². The van der Waals surface area contributed by atoms with Crippen LogP contribution < -0.4 is 10.7 Å². The number of anilines is 1. The van der Waals surface area contributed by atoms with Crippen LogP contribution in [0.2, 0.25) is 5.02 Å². The highest BCUT2D eigenvalue weighted by atomic mass is 35.5. The summed E-state index contributed by atoms with van der Waals surface area (Å²) in [7, 11) is 0. The van der Waals surface area contributed by atoms with Crippen LogP contribution in [0.15, 0.2) is 46.1 Å². The summed E-state index contributed by atoms with van der Waals surface area (Å²) < 4.78 is 4.98. The third kappa shape index (κ3) is 4.19. The fourth-order valence-corrected chi connectivity index (χ4v) is 1.74. The zero-order valence-electron chi connectivity index (χ0n) is 11.1. The first-order valence-electron chi connectivity index (χ1n) is 6.00. The average Bonchev–Trinajstić information content (AvgIpc) is 2.95. The molecule has 2 rings (SSSR count). The van der Waals surface area contributed by atoms with E-state index in [1.54, 1.807) is 37.3 Å². The number of carbonyl (C=O) groups excluding carboxylic acids is 2. The van der Waals surface area contributed by atoms with E-state index in [0.29, 0.717) is 16.5 Å². The highest BCUT2D eigenvalue weighted by Crippen LogP contribution is 2.19. The van der Waals surface area contributed by atoms with Crippen molar-refractivity contribution in [2.45, 2.75) is 6.92 Å². The molecule has 21 heavy (non-hydrogen) atoms. The van der Waals surface area contributed by atoms with E-state index >= 15 is 0 Å². The molecule has 0 radical (unpaired) electrons. The SMILES string of the molecule is Cc1cc(Cl)ccc1NC(=O)C(=O)NN=Cc1ccco1. The summed E-state index contributed by atoms with van der Waals surface area (Å²) in [6.45, 7) is 1.77. The van der Waals surface area contributed by atoms with Gasteiger partial charge in [-0.05, 0) is 42.8 Å². The number of aryl methyl sites for hydroxylation is 1. The Kier molecular flexibility index (Phi) is 4.73. The van der Waals surface area contributed by atoms with Crippen molar-refractivity contribution in [3.8, 4) is 0 Å². The van der Waals surface area contributed by atoms with Gasteiger partial charge in [-0.2, -0.15) is 5.10 Å². The minimum atomic E-state index is -0.882. The summed E-state index contributed by atoms with van der Waals surface area (Å²) in [6.07, 6.45) is 2.76. The summed E-state index contributed by atoms with van der Waals surface area (Å²) in [4.78, 5) is 23.2. The summed E-state index contributed by atoms with van der Waals surface area (Å²) in [6, 6.07) is 8.27. The Labute approximate surface area is 125 Å². The minimum absolute atomic E-state index is 0.462. The molecule has 0 spiro atoms. The molecule has 0 atom stereocenters. The molecule has 1 aromatic carbocycles. The molecule has 1 heterocycles. The van der Waals surface area contributed by atoms with Crippen LogP contribution in [0.5, 0.6) is 0 Å². The van der Waals surface area contributed by atoms with Gasteiger partial charge in [-0.15, -0.1) is 0 Å². The van der Waals surface area contributed by atoms with Crippen molar-refractivity contribution in [1.29, 1.82) is 0 Å². The summed E-state index contributed by atoms with van der Waals surface area (Å²) in [5.41, 5.74) is 3.37. The van der Waals surface area contributed by atoms with Crippen LogP contribution in [0, 0.1) is 6.92 Å². The van der Waals surface area contributed by atoms with Gasteiger partial charge in [-0.25, -0.2) is 5.43 Å². The Hall–Kier alpha value is -2.60. The molecule has 6 nitrogen and oxygen atoms in total. The first-order valence-corrected chi connectivity index (χ1v) is 6.38. The van der Waals surface area contributed by atoms with E-state index < -0.39 is 11.8 Å². The molecule has 0 saturated carbocycles. The molecule has 0 bridgehead atoms. The first-order chi connectivity index (χ1) is 10.1. The van der Waals surface area contributed by atoms with Crippen molar-refractivity contribution in [3.63, 3.8) is 0 Å². The van der Waals surface area contributed by atoms with E-state index in [2.05, 4.69) is 15.8 Å². The highest BCUT2D eigenvalue weighted by Gasteiger charge is 2.13. The average molecular weight is 306 g/mol. The van der Waals surface area contributed by atoms with Gasteiger partial charge >= 0.3 is 11.8 Å². The van der Waals surface area contributed by atoms with E-state index in [0.717, 1.165) is 5.56 Å². The Bertz CT molecular complexity index is 681. The second-order valence-corrected chi connectivity index (χ2v) is 4.56. The number of hydrogen-bond acceptors (Lipinski definition) is 4. The molecular formula is C14H12ClN3O3. The van der Waals surface area contributed by atoms with Gasteiger partial charge < -0.3 is 9.73 Å². The van der Waals surface area contributed by atoms with E-state index in [-0.39, 0.29) is 0 Å². The van der Waals surface area contributed by atoms with Crippen LogP contribution in [0.3, 0.4) is 0 Å². The highest BCUT2D eigenvalue weighted by molar-refractivity contribution is 6.39. The fourth-order valence-electron chi connectivity index (χ4n) is 1.52. The number of furan rings is 1. The predicted molar refractivity (Wildman–Crippen MR) is 79.3 cm³/mol. The summed E-state index contributed by atoms with van der Waals surface area (Å²) in [5, 5.41) is 6.64. The van der Waals surface area contributed by atoms with Crippen LogP contribution in [-0.4, -0.2) is 18.0 Å². The van der Waals surface area contributed by atoms with Crippen molar-refractivity contribution >= 4 is 35.3 Å². The monoisotopic (exact) mass is 305 g/mol. The maximum absolute atomic E-state index is 11.7. The topological polar surface area (TPSA) is 83.7 Å². The molecule has 2 amide bonds. The third-order valence-electron chi connectivity index (χ3n) is 2.54. The Morgan fingerprint density at radius 1 is 1.29 bits per heavy atom. The lowest BCUT2D eigenvalue weighted by atomic mass is 10.2. The second kappa shape index (κ2) is 6.71. The summed E-state index contributed by atoms with van der Waals surface area (Å²) in [5.74, 6) is -1.24. The number of hydrazone groups is 1. The number of hydrogen-bond donors (Lipinski definition) is 2. The quantitative estimate of drug-likeness (QED) is 0.518. The zero-order valence-corrected chi connectivity index (χ0v) is 11.8. The maximum Gasteiger partial charge on any atom is 0.329 e. The molecule has 0 aliphatic rings.